The number of hydrogen-bond donors (Lipinski definition) is 0. The summed E-state index contributed by atoms with van der Waals surface area (Å²) in [6, 6.07) is 7.71. The van der Waals surface area contributed by atoms with Crippen molar-refractivity contribution in [2.45, 2.75) is 12.6 Å². The van der Waals surface area contributed by atoms with Gasteiger partial charge in [-0.25, -0.2) is 0 Å². The van der Waals surface area contributed by atoms with Gasteiger partial charge in [0.25, 0.3) is 5.56 Å². The highest BCUT2D eigenvalue weighted by atomic mass is 16.1. The van der Waals surface area contributed by atoms with Gasteiger partial charge in [0.15, 0.2) is 0 Å². The molecule has 0 aliphatic carbocycles. The van der Waals surface area contributed by atoms with Crippen LogP contribution in [0.3, 0.4) is 0 Å². The average molecular weight is 244 g/mol. The van der Waals surface area contributed by atoms with Crippen LogP contribution in [0.1, 0.15) is 6.04 Å². The lowest BCUT2D eigenvalue weighted by atomic mass is 10.1. The van der Waals surface area contributed by atoms with E-state index < -0.39 is 0 Å². The summed E-state index contributed by atoms with van der Waals surface area (Å²) in [7, 11) is 0. The zero-order chi connectivity index (χ0) is 12.4. The second kappa shape index (κ2) is 4.78. The van der Waals surface area contributed by atoms with Gasteiger partial charge in [-0.05, 0) is 12.1 Å². The maximum atomic E-state index is 11.5. The molecular formula is C13H16N4O. The molecule has 0 saturated carbocycles. The van der Waals surface area contributed by atoms with Gasteiger partial charge in [0.2, 0.25) is 0 Å². The van der Waals surface area contributed by atoms with Crippen molar-refractivity contribution in [3.05, 3.63) is 53.2 Å². The third-order valence-electron chi connectivity index (χ3n) is 3.39. The highest BCUT2D eigenvalue weighted by molar-refractivity contribution is 4.94. The van der Waals surface area contributed by atoms with Gasteiger partial charge in [-0.3, -0.25) is 14.4 Å². The summed E-state index contributed by atoms with van der Waals surface area (Å²) in [5.74, 6) is 0. The number of nitrogens with zero attached hydrogens (tertiary/aromatic N) is 4. The summed E-state index contributed by atoms with van der Waals surface area (Å²) in [4.78, 5) is 13.9. The Morgan fingerprint density at radius 1 is 1.17 bits per heavy atom. The Labute approximate surface area is 105 Å². The van der Waals surface area contributed by atoms with Crippen LogP contribution < -0.4 is 5.56 Å². The number of aromatic nitrogens is 3. The minimum atomic E-state index is 0.0710. The van der Waals surface area contributed by atoms with Crippen LogP contribution in [0.5, 0.6) is 0 Å². The van der Waals surface area contributed by atoms with Crippen LogP contribution in [0, 0.1) is 0 Å². The first kappa shape index (κ1) is 11.2. The summed E-state index contributed by atoms with van der Waals surface area (Å²) >= 11 is 0. The predicted octanol–water partition coefficient (Wildman–Crippen LogP) is 0.602. The second-order valence-electron chi connectivity index (χ2n) is 4.63. The van der Waals surface area contributed by atoms with Crippen LogP contribution in [-0.4, -0.2) is 38.9 Å². The van der Waals surface area contributed by atoms with Gasteiger partial charge in [-0.2, -0.15) is 5.10 Å². The van der Waals surface area contributed by atoms with Crippen molar-refractivity contribution in [2.24, 2.45) is 0 Å². The molecule has 0 aromatic carbocycles. The fourth-order valence-corrected chi connectivity index (χ4v) is 2.28. The molecule has 0 radical (unpaired) electrons. The standard InChI is InChI=1S/C13H16N4O/c18-13-4-1-2-6-16(13)9-8-15-10-12(11-15)17-7-3-5-14-17/h1-7,12H,8-11H2. The van der Waals surface area contributed by atoms with E-state index in [-0.39, 0.29) is 5.56 Å². The molecule has 2 aromatic heterocycles. The molecular weight excluding hydrogens is 228 g/mol. The molecule has 1 saturated heterocycles. The van der Waals surface area contributed by atoms with E-state index in [1.165, 1.54) is 0 Å². The average Bonchev–Trinajstić information content (AvgIpc) is 2.83. The smallest absolute Gasteiger partial charge is 0.250 e. The van der Waals surface area contributed by atoms with E-state index in [1.807, 2.05) is 35.4 Å². The topological polar surface area (TPSA) is 43.1 Å². The highest BCUT2D eigenvalue weighted by Crippen LogP contribution is 2.19. The van der Waals surface area contributed by atoms with Gasteiger partial charge in [0.05, 0.1) is 6.04 Å². The highest BCUT2D eigenvalue weighted by Gasteiger charge is 2.27. The Balaban J connectivity index is 1.50. The Morgan fingerprint density at radius 3 is 2.78 bits per heavy atom. The van der Waals surface area contributed by atoms with Crippen LogP contribution in [0.15, 0.2) is 47.7 Å². The number of hydrogen-bond acceptors (Lipinski definition) is 3. The first-order valence-electron chi connectivity index (χ1n) is 6.20. The molecule has 5 nitrogen and oxygen atoms in total. The van der Waals surface area contributed by atoms with Crippen LogP contribution in [-0.2, 0) is 6.54 Å². The molecule has 1 aliphatic heterocycles. The van der Waals surface area contributed by atoms with Gasteiger partial charge in [0.1, 0.15) is 0 Å². The molecule has 3 heterocycles. The van der Waals surface area contributed by atoms with E-state index in [9.17, 15) is 4.79 Å². The third kappa shape index (κ3) is 2.22. The summed E-state index contributed by atoms with van der Waals surface area (Å²) < 4.78 is 3.76. The van der Waals surface area contributed by atoms with Gasteiger partial charge in [-0.15, -0.1) is 0 Å². The Bertz CT molecular complexity index is 554. The molecule has 0 atom stereocenters. The Hall–Kier alpha value is -1.88. The SMILES string of the molecule is O=c1ccccn1CCN1CC(n2cccn2)C1. The number of rotatable bonds is 4. The fraction of sp³-hybridized carbons (Fsp3) is 0.385. The summed E-state index contributed by atoms with van der Waals surface area (Å²) in [5, 5.41) is 4.24. The summed E-state index contributed by atoms with van der Waals surface area (Å²) in [6.45, 7) is 3.71. The monoisotopic (exact) mass is 244 g/mol. The second-order valence-corrected chi connectivity index (χ2v) is 4.63. The van der Waals surface area contributed by atoms with Crippen LogP contribution >= 0.6 is 0 Å². The van der Waals surface area contributed by atoms with E-state index in [0.29, 0.717) is 6.04 Å². The quantitative estimate of drug-likeness (QED) is 0.791. The van der Waals surface area contributed by atoms with Crippen molar-refractivity contribution in [1.82, 2.24) is 19.2 Å². The molecule has 0 bridgehead atoms. The third-order valence-corrected chi connectivity index (χ3v) is 3.39. The molecule has 1 aliphatic rings. The molecule has 18 heavy (non-hydrogen) atoms. The van der Waals surface area contributed by atoms with Crippen LogP contribution in [0.2, 0.25) is 0 Å². The van der Waals surface area contributed by atoms with Gasteiger partial charge < -0.3 is 4.57 Å². The van der Waals surface area contributed by atoms with Crippen molar-refractivity contribution in [2.75, 3.05) is 19.6 Å². The minimum absolute atomic E-state index is 0.0710. The molecule has 0 unspecified atom stereocenters. The lowest BCUT2D eigenvalue weighted by Gasteiger charge is -2.39. The maximum Gasteiger partial charge on any atom is 0.250 e. The van der Waals surface area contributed by atoms with E-state index in [4.69, 9.17) is 0 Å². The minimum Gasteiger partial charge on any atom is -0.314 e. The molecule has 1 fully saturated rings. The fourth-order valence-electron chi connectivity index (χ4n) is 2.28. The molecule has 94 valence electrons. The van der Waals surface area contributed by atoms with Crippen LogP contribution in [0.4, 0.5) is 0 Å². The van der Waals surface area contributed by atoms with Gasteiger partial charge in [-0.1, -0.05) is 6.07 Å². The molecule has 3 rings (SSSR count). The Kier molecular flexibility index (Phi) is 2.98. The normalized spacial score (nSPS) is 16.7. The Morgan fingerprint density at radius 2 is 2.06 bits per heavy atom. The zero-order valence-corrected chi connectivity index (χ0v) is 10.1. The van der Waals surface area contributed by atoms with E-state index in [0.717, 1.165) is 26.2 Å². The summed E-state index contributed by atoms with van der Waals surface area (Å²) in [5.41, 5.74) is 0.0710. The lowest BCUT2D eigenvalue weighted by Crippen LogP contribution is -2.49. The summed E-state index contributed by atoms with van der Waals surface area (Å²) in [6.07, 6.45) is 5.66. The van der Waals surface area contributed by atoms with Gasteiger partial charge in [0, 0.05) is 50.8 Å². The molecule has 5 heteroatoms. The number of likely N-dealkylation sites (tertiary alicyclic amines) is 1. The molecule has 2 aromatic rings. The predicted molar refractivity (Wildman–Crippen MR) is 68.4 cm³/mol. The lowest BCUT2D eigenvalue weighted by molar-refractivity contribution is 0.0943. The van der Waals surface area contributed by atoms with E-state index in [2.05, 4.69) is 10.00 Å². The molecule has 0 N–H and O–H groups in total. The molecule has 0 spiro atoms. The van der Waals surface area contributed by atoms with Gasteiger partial charge >= 0.3 is 0 Å². The maximum absolute atomic E-state index is 11.5. The molecule has 0 amide bonds. The number of pyridine rings is 1. The van der Waals surface area contributed by atoms with Crippen molar-refractivity contribution >= 4 is 0 Å². The van der Waals surface area contributed by atoms with Crippen molar-refractivity contribution in [1.29, 1.82) is 0 Å². The largest absolute Gasteiger partial charge is 0.314 e. The van der Waals surface area contributed by atoms with Crippen molar-refractivity contribution in [3.63, 3.8) is 0 Å². The first-order valence-corrected chi connectivity index (χ1v) is 6.20. The van der Waals surface area contributed by atoms with E-state index >= 15 is 0 Å². The first-order chi connectivity index (χ1) is 8.83. The zero-order valence-electron chi connectivity index (χ0n) is 10.1. The van der Waals surface area contributed by atoms with Crippen molar-refractivity contribution in [3.8, 4) is 0 Å². The van der Waals surface area contributed by atoms with E-state index in [1.54, 1.807) is 16.7 Å². The van der Waals surface area contributed by atoms with Crippen LogP contribution in [0.25, 0.3) is 0 Å². The van der Waals surface area contributed by atoms with Crippen molar-refractivity contribution < 1.29 is 0 Å².